The van der Waals surface area contributed by atoms with E-state index in [-0.39, 0.29) is 11.4 Å². The zero-order valence-corrected chi connectivity index (χ0v) is 11.6. The molecular formula is C14H23NO3. The first-order valence-electron chi connectivity index (χ1n) is 6.63. The highest BCUT2D eigenvalue weighted by molar-refractivity contribution is 6.17. The summed E-state index contributed by atoms with van der Waals surface area (Å²) in [7, 11) is 3.59. The van der Waals surface area contributed by atoms with Crippen molar-refractivity contribution < 1.29 is 14.3 Å². The molecule has 0 saturated heterocycles. The maximum atomic E-state index is 12.2. The lowest BCUT2D eigenvalue weighted by atomic mass is 9.97. The molecule has 1 rings (SSSR count). The molecule has 0 atom stereocenters. The molecule has 0 radical (unpaired) electrons. The van der Waals surface area contributed by atoms with E-state index >= 15 is 0 Å². The Morgan fingerprint density at radius 3 is 2.39 bits per heavy atom. The molecule has 0 aromatic carbocycles. The molecule has 102 valence electrons. The van der Waals surface area contributed by atoms with E-state index in [1.165, 1.54) is 12.8 Å². The van der Waals surface area contributed by atoms with Crippen molar-refractivity contribution in [1.82, 2.24) is 4.90 Å². The second kappa shape index (κ2) is 7.19. The van der Waals surface area contributed by atoms with Crippen molar-refractivity contribution in [2.45, 2.75) is 39.0 Å². The van der Waals surface area contributed by atoms with E-state index in [0.717, 1.165) is 12.8 Å². The number of carbonyl (C=O) groups excluding carboxylic acids is 2. The maximum Gasteiger partial charge on any atom is 0.343 e. The van der Waals surface area contributed by atoms with Gasteiger partial charge in [-0.3, -0.25) is 4.79 Å². The molecule has 0 aromatic heterocycles. The number of nitrogens with zero attached hydrogens (tertiary/aromatic N) is 1. The van der Waals surface area contributed by atoms with Crippen LogP contribution in [0.5, 0.6) is 0 Å². The Labute approximate surface area is 109 Å². The van der Waals surface area contributed by atoms with Gasteiger partial charge in [-0.05, 0) is 12.8 Å². The highest BCUT2D eigenvalue weighted by Crippen LogP contribution is 2.28. The first kappa shape index (κ1) is 14.7. The molecule has 0 N–H and O–H groups in total. The molecular weight excluding hydrogens is 230 g/mol. The second-order valence-electron chi connectivity index (χ2n) is 5.00. The number of rotatable bonds is 6. The first-order chi connectivity index (χ1) is 8.54. The third-order valence-corrected chi connectivity index (χ3v) is 3.13. The standard InChI is InChI=1S/C14H23NO3/c1-4-18-14(17)12(10-15(2)3)13(16)9-11-7-5-6-8-11/h10-11H,4-9H2,1-3H3/b12-10+. The van der Waals surface area contributed by atoms with Gasteiger partial charge in [0.15, 0.2) is 5.78 Å². The van der Waals surface area contributed by atoms with Crippen LogP contribution in [0.4, 0.5) is 0 Å². The van der Waals surface area contributed by atoms with Crippen LogP contribution in [0.25, 0.3) is 0 Å². The van der Waals surface area contributed by atoms with Gasteiger partial charge in [-0.1, -0.05) is 25.7 Å². The number of hydrogen-bond acceptors (Lipinski definition) is 4. The second-order valence-corrected chi connectivity index (χ2v) is 5.00. The van der Waals surface area contributed by atoms with Gasteiger partial charge in [-0.2, -0.15) is 0 Å². The monoisotopic (exact) mass is 253 g/mol. The number of esters is 1. The summed E-state index contributed by atoms with van der Waals surface area (Å²) in [5.41, 5.74) is 0.175. The fraction of sp³-hybridized carbons (Fsp3) is 0.714. The van der Waals surface area contributed by atoms with Crippen molar-refractivity contribution >= 4 is 11.8 Å². The van der Waals surface area contributed by atoms with Crippen molar-refractivity contribution in [1.29, 1.82) is 0 Å². The minimum absolute atomic E-state index is 0.0888. The number of carbonyl (C=O) groups is 2. The Kier molecular flexibility index (Phi) is 5.89. The molecule has 18 heavy (non-hydrogen) atoms. The zero-order chi connectivity index (χ0) is 13.5. The molecule has 0 unspecified atom stereocenters. The molecule has 4 heteroatoms. The normalized spacial score (nSPS) is 16.7. The molecule has 0 amide bonds. The summed E-state index contributed by atoms with van der Waals surface area (Å²) in [5, 5.41) is 0. The Hall–Kier alpha value is -1.32. The molecule has 1 aliphatic rings. The van der Waals surface area contributed by atoms with Gasteiger partial charge in [-0.25, -0.2) is 4.79 Å². The molecule has 0 aromatic rings. The third-order valence-electron chi connectivity index (χ3n) is 3.13. The topological polar surface area (TPSA) is 46.6 Å². The average Bonchev–Trinajstić information content (AvgIpc) is 2.78. The molecule has 1 fully saturated rings. The summed E-state index contributed by atoms with van der Waals surface area (Å²) in [6.07, 6.45) is 6.63. The van der Waals surface area contributed by atoms with Crippen LogP contribution in [-0.2, 0) is 14.3 Å². The van der Waals surface area contributed by atoms with Gasteiger partial charge in [0, 0.05) is 26.7 Å². The van der Waals surface area contributed by atoms with E-state index in [0.29, 0.717) is 18.9 Å². The van der Waals surface area contributed by atoms with Gasteiger partial charge in [-0.15, -0.1) is 0 Å². The summed E-state index contributed by atoms with van der Waals surface area (Å²) in [6.45, 7) is 2.03. The lowest BCUT2D eigenvalue weighted by Crippen LogP contribution is -2.20. The SMILES string of the molecule is CCOC(=O)/C(=C/N(C)C)C(=O)CC1CCCC1. The van der Waals surface area contributed by atoms with Crippen LogP contribution >= 0.6 is 0 Å². The van der Waals surface area contributed by atoms with Crippen LogP contribution in [-0.4, -0.2) is 37.4 Å². The van der Waals surface area contributed by atoms with Crippen molar-refractivity contribution in [3.8, 4) is 0 Å². The summed E-state index contributed by atoms with van der Waals surface area (Å²) >= 11 is 0. The molecule has 0 heterocycles. The highest BCUT2D eigenvalue weighted by Gasteiger charge is 2.25. The van der Waals surface area contributed by atoms with E-state index in [1.54, 1.807) is 32.1 Å². The van der Waals surface area contributed by atoms with Gasteiger partial charge in [0.2, 0.25) is 0 Å². The quantitative estimate of drug-likeness (QED) is 0.315. The zero-order valence-electron chi connectivity index (χ0n) is 11.6. The molecule has 0 bridgehead atoms. The van der Waals surface area contributed by atoms with E-state index in [1.807, 2.05) is 0 Å². The van der Waals surface area contributed by atoms with E-state index in [9.17, 15) is 9.59 Å². The Morgan fingerprint density at radius 1 is 1.28 bits per heavy atom. The van der Waals surface area contributed by atoms with Crippen LogP contribution < -0.4 is 0 Å². The van der Waals surface area contributed by atoms with E-state index < -0.39 is 5.97 Å². The first-order valence-corrected chi connectivity index (χ1v) is 6.63. The van der Waals surface area contributed by atoms with E-state index in [2.05, 4.69) is 0 Å². The third kappa shape index (κ3) is 4.51. The largest absolute Gasteiger partial charge is 0.462 e. The van der Waals surface area contributed by atoms with Crippen molar-refractivity contribution in [3.05, 3.63) is 11.8 Å². The Bertz CT molecular complexity index is 328. The van der Waals surface area contributed by atoms with Crippen LogP contribution in [0.15, 0.2) is 11.8 Å². The summed E-state index contributed by atoms with van der Waals surface area (Å²) in [5.74, 6) is -0.152. The molecule has 0 spiro atoms. The molecule has 4 nitrogen and oxygen atoms in total. The Morgan fingerprint density at radius 2 is 1.89 bits per heavy atom. The lowest BCUT2D eigenvalue weighted by Gasteiger charge is -2.12. The molecule has 1 aliphatic carbocycles. The lowest BCUT2D eigenvalue weighted by molar-refractivity contribution is -0.140. The summed E-state index contributed by atoms with van der Waals surface area (Å²) in [6, 6.07) is 0. The average molecular weight is 253 g/mol. The molecule has 1 saturated carbocycles. The predicted molar refractivity (Wildman–Crippen MR) is 70.0 cm³/mol. The van der Waals surface area contributed by atoms with Gasteiger partial charge in [0.05, 0.1) is 6.61 Å². The molecule has 0 aliphatic heterocycles. The van der Waals surface area contributed by atoms with Gasteiger partial charge < -0.3 is 9.64 Å². The minimum atomic E-state index is -0.505. The van der Waals surface area contributed by atoms with Crippen LogP contribution in [0, 0.1) is 5.92 Å². The number of Topliss-reactive ketones (excluding diaryl/α,β-unsaturated/α-hetero) is 1. The van der Waals surface area contributed by atoms with Crippen LogP contribution in [0.2, 0.25) is 0 Å². The summed E-state index contributed by atoms with van der Waals surface area (Å²) < 4.78 is 4.94. The van der Waals surface area contributed by atoms with Gasteiger partial charge in [0.25, 0.3) is 0 Å². The Balaban J connectivity index is 2.69. The minimum Gasteiger partial charge on any atom is -0.462 e. The maximum absolute atomic E-state index is 12.2. The highest BCUT2D eigenvalue weighted by atomic mass is 16.5. The number of ketones is 1. The van der Waals surface area contributed by atoms with Gasteiger partial charge in [0.1, 0.15) is 5.57 Å². The van der Waals surface area contributed by atoms with E-state index in [4.69, 9.17) is 4.74 Å². The fourth-order valence-electron chi connectivity index (χ4n) is 2.29. The van der Waals surface area contributed by atoms with Crippen molar-refractivity contribution in [2.24, 2.45) is 5.92 Å². The smallest absolute Gasteiger partial charge is 0.343 e. The number of hydrogen-bond donors (Lipinski definition) is 0. The van der Waals surface area contributed by atoms with Crippen molar-refractivity contribution in [3.63, 3.8) is 0 Å². The van der Waals surface area contributed by atoms with Crippen LogP contribution in [0.3, 0.4) is 0 Å². The summed E-state index contributed by atoms with van der Waals surface area (Å²) in [4.78, 5) is 25.6. The van der Waals surface area contributed by atoms with Crippen LogP contribution in [0.1, 0.15) is 39.0 Å². The fourth-order valence-corrected chi connectivity index (χ4v) is 2.29. The number of ether oxygens (including phenoxy) is 1. The van der Waals surface area contributed by atoms with Gasteiger partial charge >= 0.3 is 5.97 Å². The predicted octanol–water partition coefficient (Wildman–Crippen LogP) is 2.14. The van der Waals surface area contributed by atoms with Crippen molar-refractivity contribution in [2.75, 3.05) is 20.7 Å².